The maximum Gasteiger partial charge on any atom is 0.254 e. The van der Waals surface area contributed by atoms with Crippen molar-refractivity contribution in [2.24, 2.45) is 0 Å². The van der Waals surface area contributed by atoms with Crippen molar-refractivity contribution in [2.45, 2.75) is 12.1 Å². The Morgan fingerprint density at radius 3 is 2.89 bits per heavy atom. The average molecular weight is 268 g/mol. The molecule has 1 amide bonds. The number of rotatable bonds is 4. The number of amides is 1. The van der Waals surface area contributed by atoms with Crippen LogP contribution in [0.15, 0.2) is 18.2 Å². The second-order valence-electron chi connectivity index (χ2n) is 4.33. The Bertz CT molecular complexity index is 467. The zero-order valence-corrected chi connectivity index (χ0v) is 10.9. The summed E-state index contributed by atoms with van der Waals surface area (Å²) in [5.74, 6) is -1.06. The van der Waals surface area contributed by atoms with E-state index >= 15 is 0 Å². The van der Waals surface area contributed by atoms with Crippen molar-refractivity contribution < 1.29 is 18.7 Å². The van der Waals surface area contributed by atoms with Gasteiger partial charge in [0.2, 0.25) is 0 Å². The van der Waals surface area contributed by atoms with Crippen LogP contribution in [0, 0.1) is 5.82 Å². The van der Waals surface area contributed by atoms with Crippen LogP contribution in [0.1, 0.15) is 10.4 Å². The van der Waals surface area contributed by atoms with Crippen molar-refractivity contribution in [3.63, 3.8) is 0 Å². The van der Waals surface area contributed by atoms with E-state index in [0.717, 1.165) is 0 Å². The highest BCUT2D eigenvalue weighted by Crippen LogP contribution is 2.20. The first-order valence-corrected chi connectivity index (χ1v) is 6.04. The summed E-state index contributed by atoms with van der Waals surface area (Å²) in [6.45, 7) is 1.28. The van der Waals surface area contributed by atoms with Gasteiger partial charge >= 0.3 is 0 Å². The maximum atomic E-state index is 13.9. The fraction of sp³-hybridized carbons (Fsp3) is 0.462. The molecule has 1 aliphatic rings. The Labute approximate surface area is 111 Å². The van der Waals surface area contributed by atoms with Gasteiger partial charge in [0.1, 0.15) is 0 Å². The lowest BCUT2D eigenvalue weighted by Gasteiger charge is -2.18. The SMILES string of the molecule is COc1cccc(C(=O)NC2CNCC2OC)c1F. The van der Waals surface area contributed by atoms with Crippen LogP contribution in [-0.4, -0.2) is 45.4 Å². The normalized spacial score (nSPS) is 22.3. The summed E-state index contributed by atoms with van der Waals surface area (Å²) in [5.41, 5.74) is -0.0268. The first kappa shape index (κ1) is 13.8. The first-order chi connectivity index (χ1) is 9.17. The van der Waals surface area contributed by atoms with E-state index < -0.39 is 11.7 Å². The molecule has 1 aromatic carbocycles. The molecule has 0 aromatic heterocycles. The summed E-state index contributed by atoms with van der Waals surface area (Å²) < 4.78 is 24.0. The van der Waals surface area contributed by atoms with E-state index in [1.54, 1.807) is 13.2 Å². The van der Waals surface area contributed by atoms with E-state index in [9.17, 15) is 9.18 Å². The van der Waals surface area contributed by atoms with Gasteiger partial charge in [0.25, 0.3) is 5.91 Å². The minimum atomic E-state index is -0.651. The van der Waals surface area contributed by atoms with Gasteiger partial charge in [-0.15, -0.1) is 0 Å². The average Bonchev–Trinajstić information content (AvgIpc) is 2.86. The van der Waals surface area contributed by atoms with Crippen molar-refractivity contribution in [3.05, 3.63) is 29.6 Å². The van der Waals surface area contributed by atoms with Gasteiger partial charge in [-0.1, -0.05) is 6.07 Å². The molecule has 2 atom stereocenters. The predicted octanol–water partition coefficient (Wildman–Crippen LogP) is 0.551. The van der Waals surface area contributed by atoms with Gasteiger partial charge in [-0.05, 0) is 12.1 Å². The van der Waals surface area contributed by atoms with Crippen LogP contribution < -0.4 is 15.4 Å². The molecule has 2 rings (SSSR count). The molecule has 2 N–H and O–H groups in total. The molecule has 1 aliphatic heterocycles. The third-order valence-corrected chi connectivity index (χ3v) is 3.21. The van der Waals surface area contributed by atoms with Gasteiger partial charge in [0.15, 0.2) is 11.6 Å². The number of ether oxygens (including phenoxy) is 2. The fourth-order valence-corrected chi connectivity index (χ4v) is 2.14. The number of carbonyl (C=O) groups is 1. The summed E-state index contributed by atoms with van der Waals surface area (Å²) in [4.78, 5) is 12.1. The van der Waals surface area contributed by atoms with Gasteiger partial charge in [-0.25, -0.2) is 4.39 Å². The molecule has 1 fully saturated rings. The summed E-state index contributed by atoms with van der Waals surface area (Å²) in [6, 6.07) is 4.32. The number of nitrogens with one attached hydrogen (secondary N) is 2. The second-order valence-corrected chi connectivity index (χ2v) is 4.33. The van der Waals surface area contributed by atoms with Gasteiger partial charge in [-0.3, -0.25) is 4.79 Å². The molecule has 2 unspecified atom stereocenters. The van der Waals surface area contributed by atoms with Crippen LogP contribution in [0.2, 0.25) is 0 Å². The monoisotopic (exact) mass is 268 g/mol. The van der Waals surface area contributed by atoms with Crippen molar-refractivity contribution in [2.75, 3.05) is 27.3 Å². The molecule has 0 bridgehead atoms. The van der Waals surface area contributed by atoms with E-state index in [4.69, 9.17) is 9.47 Å². The zero-order chi connectivity index (χ0) is 13.8. The van der Waals surface area contributed by atoms with Crippen molar-refractivity contribution in [3.8, 4) is 5.75 Å². The lowest BCUT2D eigenvalue weighted by Crippen LogP contribution is -2.43. The molecule has 1 saturated heterocycles. The maximum absolute atomic E-state index is 13.9. The molecule has 0 aliphatic carbocycles. The highest BCUT2D eigenvalue weighted by Gasteiger charge is 2.29. The summed E-state index contributed by atoms with van der Waals surface area (Å²) >= 11 is 0. The molecule has 0 saturated carbocycles. The van der Waals surface area contributed by atoms with Crippen LogP contribution >= 0.6 is 0 Å². The highest BCUT2D eigenvalue weighted by molar-refractivity contribution is 5.95. The van der Waals surface area contributed by atoms with E-state index in [2.05, 4.69) is 10.6 Å². The van der Waals surface area contributed by atoms with Crippen LogP contribution in [0.25, 0.3) is 0 Å². The summed E-state index contributed by atoms with van der Waals surface area (Å²) in [7, 11) is 2.95. The van der Waals surface area contributed by atoms with Crippen molar-refractivity contribution >= 4 is 5.91 Å². The zero-order valence-electron chi connectivity index (χ0n) is 10.9. The molecule has 104 valence electrons. The molecular formula is C13H17FN2O3. The van der Waals surface area contributed by atoms with Crippen LogP contribution in [0.5, 0.6) is 5.75 Å². The van der Waals surface area contributed by atoms with Crippen LogP contribution in [-0.2, 0) is 4.74 Å². The van der Waals surface area contributed by atoms with E-state index in [1.807, 2.05) is 0 Å². The van der Waals surface area contributed by atoms with Gasteiger partial charge in [0, 0.05) is 20.2 Å². The van der Waals surface area contributed by atoms with E-state index in [0.29, 0.717) is 13.1 Å². The molecule has 5 nitrogen and oxygen atoms in total. The molecule has 19 heavy (non-hydrogen) atoms. The molecule has 1 heterocycles. The number of hydrogen-bond donors (Lipinski definition) is 2. The smallest absolute Gasteiger partial charge is 0.254 e. The summed E-state index contributed by atoms with van der Waals surface area (Å²) in [6.07, 6.45) is -0.0994. The fourth-order valence-electron chi connectivity index (χ4n) is 2.14. The Balaban J connectivity index is 2.12. The topological polar surface area (TPSA) is 59.6 Å². The van der Waals surface area contributed by atoms with Crippen molar-refractivity contribution in [1.82, 2.24) is 10.6 Å². The number of halogens is 1. The minimum absolute atomic E-state index is 0.0268. The Morgan fingerprint density at radius 2 is 2.21 bits per heavy atom. The van der Waals surface area contributed by atoms with Crippen molar-refractivity contribution in [1.29, 1.82) is 0 Å². The van der Waals surface area contributed by atoms with Gasteiger partial charge in [0.05, 0.1) is 24.8 Å². The number of carbonyl (C=O) groups excluding carboxylic acids is 1. The highest BCUT2D eigenvalue weighted by atomic mass is 19.1. The number of hydrogen-bond acceptors (Lipinski definition) is 4. The number of benzene rings is 1. The molecule has 0 radical (unpaired) electrons. The van der Waals surface area contributed by atoms with Crippen LogP contribution in [0.3, 0.4) is 0 Å². The predicted molar refractivity (Wildman–Crippen MR) is 67.9 cm³/mol. The van der Waals surface area contributed by atoms with E-state index in [1.165, 1.54) is 19.2 Å². The van der Waals surface area contributed by atoms with Gasteiger partial charge < -0.3 is 20.1 Å². The third-order valence-electron chi connectivity index (χ3n) is 3.21. The Morgan fingerprint density at radius 1 is 1.42 bits per heavy atom. The largest absolute Gasteiger partial charge is 0.494 e. The lowest BCUT2D eigenvalue weighted by atomic mass is 10.1. The quantitative estimate of drug-likeness (QED) is 0.837. The number of methoxy groups -OCH3 is 2. The van der Waals surface area contributed by atoms with Gasteiger partial charge in [-0.2, -0.15) is 0 Å². The third kappa shape index (κ3) is 2.85. The molecule has 6 heteroatoms. The lowest BCUT2D eigenvalue weighted by molar-refractivity contribution is 0.0776. The summed E-state index contributed by atoms with van der Waals surface area (Å²) in [5, 5.41) is 5.88. The molecule has 0 spiro atoms. The first-order valence-electron chi connectivity index (χ1n) is 6.04. The molecular weight excluding hydrogens is 251 g/mol. The second kappa shape index (κ2) is 5.99. The minimum Gasteiger partial charge on any atom is -0.494 e. The van der Waals surface area contributed by atoms with E-state index in [-0.39, 0.29) is 23.5 Å². The standard InChI is InChI=1S/C13H17FN2O3/c1-18-10-5-3-4-8(12(10)14)13(17)16-9-6-15-7-11(9)19-2/h3-5,9,11,15H,6-7H2,1-2H3,(H,16,17). The Kier molecular flexibility index (Phi) is 4.34. The molecule has 1 aromatic rings. The Hall–Kier alpha value is -1.66. The van der Waals surface area contributed by atoms with Crippen LogP contribution in [0.4, 0.5) is 4.39 Å².